The molecule has 2 saturated carbocycles. The zero-order valence-corrected chi connectivity index (χ0v) is 15.0. The van der Waals surface area contributed by atoms with Crippen LogP contribution < -0.4 is 0 Å². The van der Waals surface area contributed by atoms with Gasteiger partial charge in [-0.2, -0.15) is 0 Å². The Morgan fingerprint density at radius 2 is 2.04 bits per heavy atom. The third kappa shape index (κ3) is 3.09. The van der Waals surface area contributed by atoms with E-state index in [9.17, 15) is 20.1 Å². The van der Waals surface area contributed by atoms with Crippen molar-refractivity contribution >= 4 is 5.97 Å². The Morgan fingerprint density at radius 1 is 1.28 bits per heavy atom. The number of fused-ring (bicyclic) bond motifs is 1. The lowest BCUT2D eigenvalue weighted by Gasteiger charge is -2.52. The molecule has 5 heteroatoms. The zero-order valence-electron chi connectivity index (χ0n) is 15.0. The van der Waals surface area contributed by atoms with Crippen LogP contribution in [0.2, 0.25) is 0 Å². The van der Waals surface area contributed by atoms with E-state index in [4.69, 9.17) is 4.74 Å². The van der Waals surface area contributed by atoms with Gasteiger partial charge in [-0.15, -0.1) is 0 Å². The number of esters is 1. The van der Waals surface area contributed by atoms with Gasteiger partial charge < -0.3 is 20.1 Å². The number of carbonyl (C=O) groups excluding carboxylic acids is 1. The van der Waals surface area contributed by atoms with E-state index >= 15 is 0 Å². The van der Waals surface area contributed by atoms with E-state index in [0.29, 0.717) is 25.9 Å². The van der Waals surface area contributed by atoms with Crippen LogP contribution in [0.5, 0.6) is 0 Å². The number of hydrogen-bond acceptors (Lipinski definition) is 5. The van der Waals surface area contributed by atoms with Crippen LogP contribution in [0.1, 0.15) is 57.1 Å². The number of carbonyl (C=O) groups is 1. The second kappa shape index (κ2) is 6.38. The lowest BCUT2D eigenvalue weighted by atomic mass is 9.58. The van der Waals surface area contributed by atoms with Gasteiger partial charge in [-0.3, -0.25) is 4.79 Å². The van der Waals surface area contributed by atoms with Crippen molar-refractivity contribution in [2.75, 3.05) is 6.61 Å². The lowest BCUT2D eigenvalue weighted by molar-refractivity contribution is -0.177. The van der Waals surface area contributed by atoms with E-state index in [0.717, 1.165) is 17.5 Å². The Balaban J connectivity index is 1.84. The first-order valence-corrected chi connectivity index (χ1v) is 9.01. The van der Waals surface area contributed by atoms with Gasteiger partial charge in [-0.1, -0.05) is 31.2 Å². The maximum Gasteiger partial charge on any atom is 0.302 e. The third-order valence-electron chi connectivity index (χ3n) is 6.65. The van der Waals surface area contributed by atoms with Gasteiger partial charge >= 0.3 is 5.97 Å². The van der Waals surface area contributed by atoms with Gasteiger partial charge in [0.1, 0.15) is 0 Å². The standard InChI is InChI=1S/C20H28O5/c1-14(22)25-12-17-6-7-20(24)13-19(23,9-8-18(17,20)2)16-5-3-4-15(10-16)11-21/h3-5,10,17,21,23-24H,6-9,11-13H2,1-2H3/t17-,18-,19-,20+/m1/s1. The second-order valence-corrected chi connectivity index (χ2v) is 8.05. The van der Waals surface area contributed by atoms with Gasteiger partial charge in [0.15, 0.2) is 0 Å². The van der Waals surface area contributed by atoms with Gasteiger partial charge in [-0.05, 0) is 36.8 Å². The molecule has 5 nitrogen and oxygen atoms in total. The number of ether oxygens (including phenoxy) is 1. The predicted molar refractivity (Wildman–Crippen MR) is 92.5 cm³/mol. The molecule has 0 spiro atoms. The third-order valence-corrected chi connectivity index (χ3v) is 6.65. The summed E-state index contributed by atoms with van der Waals surface area (Å²) in [6, 6.07) is 7.32. The Kier molecular flexibility index (Phi) is 4.69. The fourth-order valence-corrected chi connectivity index (χ4v) is 4.85. The van der Waals surface area contributed by atoms with E-state index in [1.165, 1.54) is 6.92 Å². The quantitative estimate of drug-likeness (QED) is 0.727. The first-order valence-electron chi connectivity index (χ1n) is 9.01. The van der Waals surface area contributed by atoms with Crippen LogP contribution in [0.25, 0.3) is 0 Å². The summed E-state index contributed by atoms with van der Waals surface area (Å²) in [7, 11) is 0. The van der Waals surface area contributed by atoms with Crippen LogP contribution >= 0.6 is 0 Å². The predicted octanol–water partition coefficient (Wildman–Crippen LogP) is 2.26. The Bertz CT molecular complexity index is 659. The Labute approximate surface area is 148 Å². The molecule has 0 bridgehead atoms. The summed E-state index contributed by atoms with van der Waals surface area (Å²) in [5.41, 5.74) is -0.956. The molecular formula is C20H28O5. The monoisotopic (exact) mass is 348 g/mol. The van der Waals surface area contributed by atoms with E-state index in [1.54, 1.807) is 0 Å². The summed E-state index contributed by atoms with van der Waals surface area (Å²) in [6.07, 6.45) is 2.85. The first-order chi connectivity index (χ1) is 11.7. The van der Waals surface area contributed by atoms with Crippen molar-refractivity contribution in [3.8, 4) is 0 Å². The summed E-state index contributed by atoms with van der Waals surface area (Å²) in [5, 5.41) is 32.0. The molecule has 2 fully saturated rings. The Morgan fingerprint density at radius 3 is 2.72 bits per heavy atom. The summed E-state index contributed by atoms with van der Waals surface area (Å²) in [5.74, 6) is -0.193. The van der Waals surface area contributed by atoms with E-state index < -0.39 is 11.2 Å². The van der Waals surface area contributed by atoms with Crippen molar-refractivity contribution in [2.45, 2.75) is 63.8 Å². The molecule has 0 amide bonds. The molecule has 138 valence electrons. The van der Waals surface area contributed by atoms with E-state index in [1.807, 2.05) is 24.3 Å². The fourth-order valence-electron chi connectivity index (χ4n) is 4.85. The molecule has 1 aromatic rings. The number of aliphatic hydroxyl groups is 3. The van der Waals surface area contributed by atoms with Crippen LogP contribution in [-0.2, 0) is 21.7 Å². The van der Waals surface area contributed by atoms with Crippen molar-refractivity contribution in [2.24, 2.45) is 11.3 Å². The Hall–Kier alpha value is -1.43. The molecule has 0 saturated heterocycles. The highest BCUT2D eigenvalue weighted by Gasteiger charge is 2.62. The summed E-state index contributed by atoms with van der Waals surface area (Å²) in [6.45, 7) is 3.71. The minimum Gasteiger partial charge on any atom is -0.466 e. The zero-order chi connectivity index (χ0) is 18.3. The average Bonchev–Trinajstić information content (AvgIpc) is 2.83. The number of benzene rings is 1. The number of hydrogen-bond donors (Lipinski definition) is 3. The first kappa shape index (κ1) is 18.4. The molecular weight excluding hydrogens is 320 g/mol. The molecule has 0 aliphatic heterocycles. The SMILES string of the molecule is CC(=O)OC[C@H]1CC[C@]2(O)C[C@@](O)(c3cccc(CO)c3)CC[C@]12C. The van der Waals surface area contributed by atoms with Crippen molar-refractivity contribution < 1.29 is 24.9 Å². The van der Waals surface area contributed by atoms with Gasteiger partial charge in [0.05, 0.1) is 24.4 Å². The van der Waals surface area contributed by atoms with Crippen LogP contribution in [0.4, 0.5) is 0 Å². The van der Waals surface area contributed by atoms with Crippen LogP contribution in [0, 0.1) is 11.3 Å². The molecule has 0 heterocycles. The molecule has 0 radical (unpaired) electrons. The molecule has 1 aromatic carbocycles. The van der Waals surface area contributed by atoms with E-state index in [2.05, 4.69) is 6.92 Å². The van der Waals surface area contributed by atoms with Crippen molar-refractivity contribution in [3.05, 3.63) is 35.4 Å². The smallest absolute Gasteiger partial charge is 0.302 e. The topological polar surface area (TPSA) is 87.0 Å². The maximum absolute atomic E-state index is 11.4. The summed E-state index contributed by atoms with van der Waals surface area (Å²) in [4.78, 5) is 11.1. The van der Waals surface area contributed by atoms with Crippen LogP contribution in [0.3, 0.4) is 0 Å². The minimum absolute atomic E-state index is 0.0731. The number of aliphatic hydroxyl groups excluding tert-OH is 1. The normalized spacial score (nSPS) is 37.6. The molecule has 0 aromatic heterocycles. The molecule has 2 aliphatic rings. The van der Waals surface area contributed by atoms with Gasteiger partial charge in [-0.25, -0.2) is 0 Å². The molecule has 3 N–H and O–H groups in total. The summed E-state index contributed by atoms with van der Waals surface area (Å²) >= 11 is 0. The van der Waals surface area contributed by atoms with Gasteiger partial charge in [0.2, 0.25) is 0 Å². The average molecular weight is 348 g/mol. The van der Waals surface area contributed by atoms with Crippen LogP contribution in [-0.4, -0.2) is 33.5 Å². The van der Waals surface area contributed by atoms with Crippen molar-refractivity contribution in [3.63, 3.8) is 0 Å². The van der Waals surface area contributed by atoms with E-state index in [-0.39, 0.29) is 30.3 Å². The molecule has 4 atom stereocenters. The number of rotatable bonds is 4. The highest BCUT2D eigenvalue weighted by Crippen LogP contribution is 2.61. The van der Waals surface area contributed by atoms with Gasteiger partial charge in [0.25, 0.3) is 0 Å². The van der Waals surface area contributed by atoms with Gasteiger partial charge in [0, 0.05) is 24.7 Å². The largest absolute Gasteiger partial charge is 0.466 e. The fraction of sp³-hybridized carbons (Fsp3) is 0.650. The van der Waals surface area contributed by atoms with Crippen LogP contribution in [0.15, 0.2) is 24.3 Å². The van der Waals surface area contributed by atoms with Crippen molar-refractivity contribution in [1.82, 2.24) is 0 Å². The maximum atomic E-state index is 11.4. The molecule has 0 unspecified atom stereocenters. The molecule has 25 heavy (non-hydrogen) atoms. The minimum atomic E-state index is -1.10. The highest BCUT2D eigenvalue weighted by atomic mass is 16.5. The summed E-state index contributed by atoms with van der Waals surface area (Å²) < 4.78 is 5.21. The second-order valence-electron chi connectivity index (χ2n) is 8.05. The molecule has 3 rings (SSSR count). The highest BCUT2D eigenvalue weighted by molar-refractivity contribution is 5.65. The van der Waals surface area contributed by atoms with Crippen molar-refractivity contribution in [1.29, 1.82) is 0 Å². The lowest BCUT2D eigenvalue weighted by Crippen LogP contribution is -2.55. The molecule has 2 aliphatic carbocycles.